The molecule has 9 heteroatoms. The molecule has 0 fully saturated rings. The van der Waals surface area contributed by atoms with Gasteiger partial charge in [0.15, 0.2) is 0 Å². The van der Waals surface area contributed by atoms with E-state index in [1.807, 2.05) is 0 Å². The highest BCUT2D eigenvalue weighted by atomic mass is 127. The fourth-order valence-electron chi connectivity index (χ4n) is 1.07. The summed E-state index contributed by atoms with van der Waals surface area (Å²) in [4.78, 5) is 0. The fourth-order valence-corrected chi connectivity index (χ4v) is 1.81. The summed E-state index contributed by atoms with van der Waals surface area (Å²) in [6, 6.07) is 3.96. The Bertz CT molecular complexity index is 594. The lowest BCUT2D eigenvalue weighted by atomic mass is 10.2. The molecule has 0 aromatic heterocycles. The number of hydrazone groups is 1. The highest BCUT2D eigenvalue weighted by Gasteiger charge is 2.34. The average molecular weight is 382 g/mol. The molecule has 4 nitrogen and oxygen atoms in total. The van der Waals surface area contributed by atoms with Gasteiger partial charge in [-0.1, -0.05) is 0 Å². The lowest BCUT2D eigenvalue weighted by molar-refractivity contribution is -0.138. The van der Waals surface area contributed by atoms with Crippen LogP contribution in [0.5, 0.6) is 0 Å². The number of alkyl halides is 3. The first-order valence-corrected chi connectivity index (χ1v) is 5.57. The van der Waals surface area contributed by atoms with Gasteiger partial charge in [-0.15, -0.1) is 0 Å². The summed E-state index contributed by atoms with van der Waals surface area (Å²) in [5.41, 5.74) is 0.0274. The maximum atomic E-state index is 13.1. The second-order valence-corrected chi connectivity index (χ2v) is 4.19. The minimum atomic E-state index is -4.72. The fraction of sp³-hybridized carbons (Fsp3) is 0.100. The van der Waals surface area contributed by atoms with Gasteiger partial charge in [-0.2, -0.15) is 28.8 Å². The molecule has 98 valence electrons. The van der Waals surface area contributed by atoms with Gasteiger partial charge in [0.05, 0.1) is 14.8 Å². The molecule has 0 heterocycles. The molecule has 1 N–H and O–H groups in total. The number of rotatable bonds is 2. The lowest BCUT2D eigenvalue weighted by Crippen LogP contribution is -2.10. The van der Waals surface area contributed by atoms with Gasteiger partial charge in [-0.3, -0.25) is 5.43 Å². The molecule has 0 aliphatic carbocycles. The number of nitrogens with zero attached hydrogens (tertiary/aromatic N) is 3. The Kier molecular flexibility index (Phi) is 4.67. The molecule has 19 heavy (non-hydrogen) atoms. The minimum absolute atomic E-state index is 0.282. The monoisotopic (exact) mass is 382 g/mol. The predicted molar refractivity (Wildman–Crippen MR) is 66.4 cm³/mol. The Morgan fingerprint density at radius 3 is 2.32 bits per heavy atom. The van der Waals surface area contributed by atoms with Gasteiger partial charge in [-0.05, 0) is 34.7 Å². The van der Waals surface area contributed by atoms with E-state index in [1.165, 1.54) is 34.7 Å². The Morgan fingerprint density at radius 1 is 1.26 bits per heavy atom. The van der Waals surface area contributed by atoms with Crippen LogP contribution >= 0.6 is 22.6 Å². The molecule has 0 radical (unpaired) electrons. The summed E-state index contributed by atoms with van der Waals surface area (Å²) in [6.07, 6.45) is -4.72. The molecule has 0 saturated heterocycles. The van der Waals surface area contributed by atoms with E-state index in [0.717, 1.165) is 6.07 Å². The number of nitrogens with one attached hydrogen (secondary N) is 1. The number of anilines is 1. The molecule has 0 aliphatic heterocycles. The van der Waals surface area contributed by atoms with Crippen LogP contribution in [0.2, 0.25) is 0 Å². The number of nitriles is 2. The van der Waals surface area contributed by atoms with Gasteiger partial charge in [0, 0.05) is 0 Å². The summed E-state index contributed by atoms with van der Waals surface area (Å²) in [6.45, 7) is 0. The zero-order valence-electron chi connectivity index (χ0n) is 8.89. The van der Waals surface area contributed by atoms with Crippen LogP contribution in [0.3, 0.4) is 0 Å². The molecule has 0 bridgehead atoms. The standard InChI is InChI=1S/C10H3F4IN4/c11-5-1-7(10(12,13)14)9(15)8(2-5)19-18-6(3-16)4-17/h1-2,19H. The third-order valence-corrected chi connectivity index (χ3v) is 3.00. The third kappa shape index (κ3) is 3.79. The highest BCUT2D eigenvalue weighted by molar-refractivity contribution is 14.1. The van der Waals surface area contributed by atoms with Crippen LogP contribution in [0.25, 0.3) is 0 Å². The molecule has 0 unspecified atom stereocenters. The second kappa shape index (κ2) is 5.84. The van der Waals surface area contributed by atoms with Crippen molar-refractivity contribution >= 4 is 34.0 Å². The summed E-state index contributed by atoms with van der Waals surface area (Å²) in [5.74, 6) is -1.11. The second-order valence-electron chi connectivity index (χ2n) is 3.11. The van der Waals surface area contributed by atoms with Gasteiger partial charge in [0.25, 0.3) is 0 Å². The molecule has 0 saturated carbocycles. The van der Waals surface area contributed by atoms with Gasteiger partial charge in [0.2, 0.25) is 5.71 Å². The summed E-state index contributed by atoms with van der Waals surface area (Å²) < 4.78 is 50.6. The normalized spacial score (nSPS) is 10.3. The van der Waals surface area contributed by atoms with E-state index in [0.29, 0.717) is 6.07 Å². The van der Waals surface area contributed by atoms with E-state index < -0.39 is 23.3 Å². The lowest BCUT2D eigenvalue weighted by Gasteiger charge is -2.12. The van der Waals surface area contributed by atoms with Crippen molar-refractivity contribution in [2.24, 2.45) is 5.10 Å². The Hall–Kier alpha value is -1.88. The molecule has 1 aromatic carbocycles. The minimum Gasteiger partial charge on any atom is -0.275 e. The van der Waals surface area contributed by atoms with Gasteiger partial charge in [-0.25, -0.2) is 4.39 Å². The Labute approximate surface area is 118 Å². The number of hydrogen-bond acceptors (Lipinski definition) is 4. The topological polar surface area (TPSA) is 72.0 Å². The van der Waals surface area contributed by atoms with Crippen LogP contribution in [0.1, 0.15) is 5.56 Å². The summed E-state index contributed by atoms with van der Waals surface area (Å²) in [5, 5.41) is 20.1. The quantitative estimate of drug-likeness (QED) is 0.370. The smallest absolute Gasteiger partial charge is 0.275 e. The summed E-state index contributed by atoms with van der Waals surface area (Å²) >= 11 is 1.37. The number of halogens is 5. The molecule has 1 rings (SSSR count). The number of hydrogen-bond donors (Lipinski definition) is 1. The van der Waals surface area contributed by atoms with E-state index in [1.54, 1.807) is 0 Å². The molecule has 1 aromatic rings. The molecule has 0 amide bonds. The van der Waals surface area contributed by atoms with Gasteiger partial charge >= 0.3 is 6.18 Å². The van der Waals surface area contributed by atoms with Gasteiger partial charge < -0.3 is 0 Å². The first kappa shape index (κ1) is 15.2. The van der Waals surface area contributed by atoms with Crippen molar-refractivity contribution in [3.63, 3.8) is 0 Å². The first-order valence-electron chi connectivity index (χ1n) is 4.49. The van der Waals surface area contributed by atoms with Crippen LogP contribution in [-0.2, 0) is 6.18 Å². The van der Waals surface area contributed by atoms with Crippen LogP contribution in [0.15, 0.2) is 17.2 Å². The zero-order valence-corrected chi connectivity index (χ0v) is 11.0. The van der Waals surface area contributed by atoms with Crippen LogP contribution in [0.4, 0.5) is 23.2 Å². The molecule has 0 atom stereocenters. The van der Waals surface area contributed by atoms with Crippen molar-refractivity contribution in [3.05, 3.63) is 27.1 Å². The van der Waals surface area contributed by atoms with Crippen molar-refractivity contribution in [2.75, 3.05) is 5.43 Å². The van der Waals surface area contributed by atoms with E-state index in [9.17, 15) is 17.6 Å². The third-order valence-electron chi connectivity index (χ3n) is 1.84. The molecule has 0 aliphatic rings. The van der Waals surface area contributed by atoms with E-state index in [-0.39, 0.29) is 9.26 Å². The zero-order chi connectivity index (χ0) is 14.6. The van der Waals surface area contributed by atoms with Crippen LogP contribution in [-0.4, -0.2) is 5.71 Å². The first-order chi connectivity index (χ1) is 8.79. The van der Waals surface area contributed by atoms with Crippen molar-refractivity contribution in [1.82, 2.24) is 0 Å². The highest BCUT2D eigenvalue weighted by Crippen LogP contribution is 2.36. The largest absolute Gasteiger partial charge is 0.417 e. The van der Waals surface area contributed by atoms with E-state index in [4.69, 9.17) is 10.5 Å². The molecular formula is C10H3F4IN4. The molecular weight excluding hydrogens is 379 g/mol. The van der Waals surface area contributed by atoms with Crippen LogP contribution in [0, 0.1) is 32.0 Å². The molecule has 0 spiro atoms. The number of benzene rings is 1. The maximum absolute atomic E-state index is 13.1. The Morgan fingerprint density at radius 2 is 1.84 bits per heavy atom. The van der Waals surface area contributed by atoms with Crippen molar-refractivity contribution in [1.29, 1.82) is 10.5 Å². The SMILES string of the molecule is N#CC(C#N)=NNc1cc(F)cc(C(F)(F)F)c1I. The predicted octanol–water partition coefficient (Wildman–Crippen LogP) is 3.26. The van der Waals surface area contributed by atoms with E-state index in [2.05, 4.69) is 10.5 Å². The van der Waals surface area contributed by atoms with Crippen molar-refractivity contribution in [2.45, 2.75) is 6.18 Å². The van der Waals surface area contributed by atoms with Gasteiger partial charge in [0.1, 0.15) is 18.0 Å². The van der Waals surface area contributed by atoms with E-state index >= 15 is 0 Å². The average Bonchev–Trinajstić information content (AvgIpc) is 2.32. The van der Waals surface area contributed by atoms with Crippen molar-refractivity contribution in [3.8, 4) is 12.1 Å². The van der Waals surface area contributed by atoms with Crippen LogP contribution < -0.4 is 5.43 Å². The maximum Gasteiger partial charge on any atom is 0.417 e. The summed E-state index contributed by atoms with van der Waals surface area (Å²) in [7, 11) is 0. The Balaban J connectivity index is 3.25. The van der Waals surface area contributed by atoms with Crippen molar-refractivity contribution < 1.29 is 17.6 Å².